The molecule has 130 valence electrons. The van der Waals surface area contributed by atoms with Crippen molar-refractivity contribution >= 4 is 34.5 Å². The number of carbonyl (C=O) groups is 2. The van der Waals surface area contributed by atoms with Gasteiger partial charge in [-0.2, -0.15) is 0 Å². The summed E-state index contributed by atoms with van der Waals surface area (Å²) in [5, 5.41) is 9.09. The summed E-state index contributed by atoms with van der Waals surface area (Å²) in [5.41, 5.74) is -1.42. The predicted molar refractivity (Wildman–Crippen MR) is 96.8 cm³/mol. The number of esters is 2. The number of unbranched alkanes of at least 4 members (excludes halogenated alkanes) is 2. The molecule has 0 aromatic carbocycles. The van der Waals surface area contributed by atoms with E-state index in [4.69, 9.17) is 14.6 Å². The van der Waals surface area contributed by atoms with Gasteiger partial charge < -0.3 is 14.6 Å². The lowest BCUT2D eigenvalue weighted by Gasteiger charge is -2.26. The van der Waals surface area contributed by atoms with Crippen LogP contribution in [-0.2, 0) is 19.1 Å². The minimum atomic E-state index is -1.42. The minimum Gasteiger partial charge on any atom is -0.468 e. The maximum absolute atomic E-state index is 12.2. The zero-order valence-corrected chi connectivity index (χ0v) is 16.1. The van der Waals surface area contributed by atoms with Crippen LogP contribution in [0.25, 0.3) is 0 Å². The lowest BCUT2D eigenvalue weighted by atomic mass is 9.79. The van der Waals surface area contributed by atoms with E-state index in [1.807, 2.05) is 22.6 Å². The van der Waals surface area contributed by atoms with Crippen LogP contribution in [0.5, 0.6) is 0 Å². The number of methoxy groups -OCH3 is 2. The summed E-state index contributed by atoms with van der Waals surface area (Å²) in [4.78, 5) is 24.5. The van der Waals surface area contributed by atoms with Gasteiger partial charge in [0, 0.05) is 16.4 Å². The molecule has 0 saturated heterocycles. The second kappa shape index (κ2) is 12.4. The van der Waals surface area contributed by atoms with Crippen molar-refractivity contribution in [3.05, 3.63) is 9.66 Å². The van der Waals surface area contributed by atoms with Crippen molar-refractivity contribution in [2.45, 2.75) is 45.4 Å². The summed E-state index contributed by atoms with van der Waals surface area (Å²) in [5.74, 6) is 4.75. The van der Waals surface area contributed by atoms with E-state index in [9.17, 15) is 9.59 Å². The molecule has 0 radical (unpaired) electrons. The average Bonchev–Trinajstić information content (AvgIpc) is 2.58. The van der Waals surface area contributed by atoms with Gasteiger partial charge in [-0.05, 0) is 41.9 Å². The lowest BCUT2D eigenvalue weighted by Crippen LogP contribution is -2.41. The van der Waals surface area contributed by atoms with Crippen LogP contribution in [0, 0.1) is 17.3 Å². The highest BCUT2D eigenvalue weighted by atomic mass is 127. The molecule has 5 nitrogen and oxygen atoms in total. The summed E-state index contributed by atoms with van der Waals surface area (Å²) in [6, 6.07) is 0. The molecule has 6 heteroatoms. The topological polar surface area (TPSA) is 72.8 Å². The van der Waals surface area contributed by atoms with Crippen molar-refractivity contribution in [2.75, 3.05) is 20.8 Å². The second-order valence-electron chi connectivity index (χ2n) is 5.04. The Bertz CT molecular complexity index is 457. The molecule has 0 fully saturated rings. The first-order valence-corrected chi connectivity index (χ1v) is 8.64. The van der Waals surface area contributed by atoms with E-state index in [2.05, 4.69) is 18.8 Å². The highest BCUT2D eigenvalue weighted by Crippen LogP contribution is 2.33. The van der Waals surface area contributed by atoms with Gasteiger partial charge in [0.2, 0.25) is 0 Å². The minimum absolute atomic E-state index is 0.113. The first-order chi connectivity index (χ1) is 11.0. The molecule has 0 aromatic heterocycles. The Morgan fingerprint density at radius 1 is 1.17 bits per heavy atom. The van der Waals surface area contributed by atoms with Gasteiger partial charge in [0.15, 0.2) is 5.41 Å². The number of aliphatic hydroxyl groups is 1. The van der Waals surface area contributed by atoms with Gasteiger partial charge in [0.05, 0.1) is 20.8 Å². The molecule has 0 amide bonds. The Hall–Kier alpha value is -1.07. The van der Waals surface area contributed by atoms with Gasteiger partial charge in [-0.15, -0.1) is 11.8 Å². The molecule has 0 aliphatic carbocycles. The monoisotopic (exact) mass is 436 g/mol. The van der Waals surface area contributed by atoms with Crippen LogP contribution in [0.3, 0.4) is 0 Å². The number of hydrogen-bond donors (Lipinski definition) is 1. The van der Waals surface area contributed by atoms with Gasteiger partial charge in [-0.1, -0.05) is 19.4 Å². The third-order valence-corrected chi connectivity index (χ3v) is 4.21. The zero-order chi connectivity index (χ0) is 17.7. The number of allylic oxidation sites excluding steroid dienone is 1. The number of ether oxygens (including phenoxy) is 2. The summed E-state index contributed by atoms with van der Waals surface area (Å²) in [6.07, 6.45) is 5.30. The molecular weight excluding hydrogens is 411 g/mol. The first kappa shape index (κ1) is 21.9. The Morgan fingerprint density at radius 2 is 1.74 bits per heavy atom. The predicted octanol–water partition coefficient (Wildman–Crippen LogP) is 2.99. The van der Waals surface area contributed by atoms with Gasteiger partial charge in [-0.3, -0.25) is 9.59 Å². The standard InChI is InChI=1S/C17H25IO5/c1-4-5-6-7-8-9-11-17(15(20)22-2,16(21)23-3)12-10-14(18)13-19/h10,19H,4-6,9,11-13H2,1-3H3/b14-10-. The molecule has 23 heavy (non-hydrogen) atoms. The fraction of sp³-hybridized carbons (Fsp3) is 0.647. The molecule has 0 aliphatic heterocycles. The Labute approximate surface area is 151 Å². The van der Waals surface area contributed by atoms with Crippen LogP contribution < -0.4 is 0 Å². The molecule has 0 aromatic rings. The number of aliphatic hydroxyl groups excluding tert-OH is 1. The summed E-state index contributed by atoms with van der Waals surface area (Å²) in [6.45, 7) is 1.95. The van der Waals surface area contributed by atoms with Crippen molar-refractivity contribution in [3.8, 4) is 11.8 Å². The Morgan fingerprint density at radius 3 is 2.22 bits per heavy atom. The number of rotatable bonds is 9. The maximum atomic E-state index is 12.2. The van der Waals surface area contributed by atoms with Gasteiger partial charge in [0.1, 0.15) is 0 Å². The SMILES string of the molecule is CCCCC#CCCC(C/C=C(\I)CO)(C(=O)OC)C(=O)OC. The van der Waals surface area contributed by atoms with Gasteiger partial charge in [0.25, 0.3) is 0 Å². The smallest absolute Gasteiger partial charge is 0.323 e. The molecule has 0 atom stereocenters. The summed E-state index contributed by atoms with van der Waals surface area (Å²) >= 11 is 1.96. The van der Waals surface area contributed by atoms with Crippen molar-refractivity contribution < 1.29 is 24.2 Å². The first-order valence-electron chi connectivity index (χ1n) is 7.56. The van der Waals surface area contributed by atoms with Crippen LogP contribution >= 0.6 is 22.6 Å². The van der Waals surface area contributed by atoms with E-state index in [-0.39, 0.29) is 19.4 Å². The quantitative estimate of drug-likeness (QED) is 0.198. The molecular formula is C17H25IO5. The maximum Gasteiger partial charge on any atom is 0.323 e. The van der Waals surface area contributed by atoms with Gasteiger partial charge >= 0.3 is 11.9 Å². The fourth-order valence-corrected chi connectivity index (χ4v) is 2.23. The van der Waals surface area contributed by atoms with Crippen molar-refractivity contribution in [1.29, 1.82) is 0 Å². The third-order valence-electron chi connectivity index (χ3n) is 3.43. The highest BCUT2D eigenvalue weighted by molar-refractivity contribution is 14.1. The molecule has 1 N–H and O–H groups in total. The van der Waals surface area contributed by atoms with Crippen LogP contribution in [-0.4, -0.2) is 37.9 Å². The van der Waals surface area contributed by atoms with Gasteiger partial charge in [-0.25, -0.2) is 0 Å². The molecule has 0 rings (SSSR count). The van der Waals surface area contributed by atoms with E-state index in [1.54, 1.807) is 6.08 Å². The average molecular weight is 436 g/mol. The number of halogens is 1. The summed E-state index contributed by atoms with van der Waals surface area (Å²) in [7, 11) is 2.49. The molecule has 0 aliphatic rings. The highest BCUT2D eigenvalue weighted by Gasteiger charge is 2.47. The zero-order valence-electron chi connectivity index (χ0n) is 14.0. The normalized spacial score (nSPS) is 11.4. The number of carbonyl (C=O) groups excluding carboxylic acids is 2. The van der Waals surface area contributed by atoms with E-state index in [0.29, 0.717) is 10.0 Å². The largest absolute Gasteiger partial charge is 0.468 e. The Kier molecular flexibility index (Phi) is 11.8. The fourth-order valence-electron chi connectivity index (χ4n) is 2.01. The molecule has 0 spiro atoms. The van der Waals surface area contributed by atoms with E-state index in [0.717, 1.165) is 19.3 Å². The van der Waals surface area contributed by atoms with Crippen molar-refractivity contribution in [2.24, 2.45) is 5.41 Å². The van der Waals surface area contributed by atoms with Crippen LogP contribution in [0.4, 0.5) is 0 Å². The third kappa shape index (κ3) is 7.36. The Balaban J connectivity index is 5.25. The second-order valence-corrected chi connectivity index (χ2v) is 6.42. The number of hydrogen-bond acceptors (Lipinski definition) is 5. The van der Waals surface area contributed by atoms with Crippen molar-refractivity contribution in [3.63, 3.8) is 0 Å². The van der Waals surface area contributed by atoms with E-state index in [1.165, 1.54) is 14.2 Å². The molecule has 0 heterocycles. The van der Waals surface area contributed by atoms with Crippen LogP contribution in [0.15, 0.2) is 9.66 Å². The molecule has 0 bridgehead atoms. The van der Waals surface area contributed by atoms with Crippen LogP contribution in [0.2, 0.25) is 0 Å². The summed E-state index contributed by atoms with van der Waals surface area (Å²) < 4.78 is 10.3. The van der Waals surface area contributed by atoms with Crippen LogP contribution in [0.1, 0.15) is 45.4 Å². The molecule has 0 unspecified atom stereocenters. The lowest BCUT2D eigenvalue weighted by molar-refractivity contribution is -0.169. The van der Waals surface area contributed by atoms with E-state index < -0.39 is 17.4 Å². The molecule has 0 saturated carbocycles. The van der Waals surface area contributed by atoms with Crippen molar-refractivity contribution in [1.82, 2.24) is 0 Å². The van der Waals surface area contributed by atoms with E-state index >= 15 is 0 Å².